The van der Waals surface area contributed by atoms with E-state index in [2.05, 4.69) is 15.8 Å². The van der Waals surface area contributed by atoms with Crippen molar-refractivity contribution in [1.82, 2.24) is 10.7 Å². The van der Waals surface area contributed by atoms with Crippen molar-refractivity contribution in [2.45, 2.75) is 39.0 Å². The van der Waals surface area contributed by atoms with Gasteiger partial charge < -0.3 is 5.32 Å². The van der Waals surface area contributed by atoms with E-state index in [0.29, 0.717) is 0 Å². The first-order valence-electron chi connectivity index (χ1n) is 7.31. The van der Waals surface area contributed by atoms with E-state index in [1.165, 1.54) is 11.3 Å². The number of amides is 2. The lowest BCUT2D eigenvalue weighted by Crippen LogP contribution is -2.38. The smallest absolute Gasteiger partial charge is 0.259 e. The lowest BCUT2D eigenvalue weighted by Gasteiger charge is -2.20. The summed E-state index contributed by atoms with van der Waals surface area (Å²) in [5.74, 6) is -0.240. The molecule has 1 aromatic rings. The van der Waals surface area contributed by atoms with Crippen molar-refractivity contribution in [2.24, 2.45) is 11.0 Å². The fraction of sp³-hybridized carbons (Fsp3) is 0.533. The van der Waals surface area contributed by atoms with Crippen molar-refractivity contribution in [3.05, 3.63) is 21.9 Å². The molecule has 2 amide bonds. The molecule has 2 N–H and O–H groups in total. The third-order valence-electron chi connectivity index (χ3n) is 3.54. The first-order valence-corrected chi connectivity index (χ1v) is 8.13. The molecule has 1 fully saturated rings. The van der Waals surface area contributed by atoms with Gasteiger partial charge in [0.15, 0.2) is 0 Å². The van der Waals surface area contributed by atoms with E-state index in [1.807, 2.05) is 19.1 Å². The van der Waals surface area contributed by atoms with Crippen LogP contribution in [0.1, 0.15) is 41.9 Å². The van der Waals surface area contributed by atoms with E-state index in [9.17, 15) is 9.59 Å². The van der Waals surface area contributed by atoms with E-state index in [-0.39, 0.29) is 24.3 Å². The number of thiophene rings is 1. The van der Waals surface area contributed by atoms with Crippen LogP contribution in [-0.2, 0) is 9.59 Å². The molecule has 0 radical (unpaired) electrons. The van der Waals surface area contributed by atoms with Crippen molar-refractivity contribution < 1.29 is 9.59 Å². The minimum absolute atomic E-state index is 0.0114. The molecular formula is C15H21N3O2S. The molecule has 0 aromatic carbocycles. The van der Waals surface area contributed by atoms with Gasteiger partial charge >= 0.3 is 0 Å². The van der Waals surface area contributed by atoms with Crippen LogP contribution in [0.15, 0.2) is 17.2 Å². The van der Waals surface area contributed by atoms with Crippen LogP contribution < -0.4 is 10.7 Å². The molecule has 0 aliphatic heterocycles. The number of carbonyl (C=O) groups is 2. The summed E-state index contributed by atoms with van der Waals surface area (Å²) in [6.07, 6.45) is 6.90. The standard InChI is InChI=1S/C15H21N3O2S/c1-11-7-8-13(21-11)9-17-18-14(19)10-16-15(20)12-5-3-2-4-6-12/h7-9,12H,2-6,10H2,1H3,(H,16,20)(H,18,19)/b17-9+. The summed E-state index contributed by atoms with van der Waals surface area (Å²) in [6, 6.07) is 3.94. The normalized spacial score (nSPS) is 16.0. The molecule has 0 spiro atoms. The fourth-order valence-electron chi connectivity index (χ4n) is 2.41. The summed E-state index contributed by atoms with van der Waals surface area (Å²) in [4.78, 5) is 25.6. The lowest BCUT2D eigenvalue weighted by molar-refractivity contribution is -0.129. The topological polar surface area (TPSA) is 70.6 Å². The zero-order chi connectivity index (χ0) is 15.1. The molecule has 2 rings (SSSR count). The Bertz CT molecular complexity index is 519. The summed E-state index contributed by atoms with van der Waals surface area (Å²) < 4.78 is 0. The molecule has 6 heteroatoms. The highest BCUT2D eigenvalue weighted by molar-refractivity contribution is 7.13. The number of hydrogen-bond acceptors (Lipinski definition) is 4. The van der Waals surface area contributed by atoms with E-state index in [1.54, 1.807) is 17.6 Å². The maximum Gasteiger partial charge on any atom is 0.259 e. The molecule has 0 unspecified atom stereocenters. The zero-order valence-electron chi connectivity index (χ0n) is 12.2. The number of hydrogen-bond donors (Lipinski definition) is 2. The van der Waals surface area contributed by atoms with Crippen molar-refractivity contribution in [2.75, 3.05) is 6.54 Å². The summed E-state index contributed by atoms with van der Waals surface area (Å²) in [5, 5.41) is 6.56. The molecule has 0 bridgehead atoms. The van der Waals surface area contributed by atoms with Crippen molar-refractivity contribution in [3.8, 4) is 0 Å². The molecule has 5 nitrogen and oxygen atoms in total. The van der Waals surface area contributed by atoms with Gasteiger partial charge in [-0.1, -0.05) is 19.3 Å². The largest absolute Gasteiger partial charge is 0.347 e. The van der Waals surface area contributed by atoms with E-state index in [0.717, 1.165) is 30.6 Å². The number of carbonyl (C=O) groups excluding carboxylic acids is 2. The van der Waals surface area contributed by atoms with Gasteiger partial charge in [-0.3, -0.25) is 9.59 Å². The summed E-state index contributed by atoms with van der Waals surface area (Å²) in [5.41, 5.74) is 2.42. The predicted molar refractivity (Wildman–Crippen MR) is 84.4 cm³/mol. The van der Waals surface area contributed by atoms with E-state index in [4.69, 9.17) is 0 Å². The Morgan fingerprint density at radius 3 is 2.76 bits per heavy atom. The van der Waals surface area contributed by atoms with Crippen LogP contribution in [0.5, 0.6) is 0 Å². The molecule has 114 valence electrons. The Balaban J connectivity index is 1.67. The number of rotatable bonds is 5. The van der Waals surface area contributed by atoms with Crippen LogP contribution in [-0.4, -0.2) is 24.6 Å². The van der Waals surface area contributed by atoms with Crippen molar-refractivity contribution >= 4 is 29.4 Å². The Labute approximate surface area is 128 Å². The van der Waals surface area contributed by atoms with Gasteiger partial charge in [-0.15, -0.1) is 11.3 Å². The Morgan fingerprint density at radius 2 is 2.10 bits per heavy atom. The van der Waals surface area contributed by atoms with Crippen LogP contribution in [0, 0.1) is 12.8 Å². The molecule has 1 aliphatic carbocycles. The molecule has 1 heterocycles. The third kappa shape index (κ3) is 5.30. The van der Waals surface area contributed by atoms with Crippen molar-refractivity contribution in [3.63, 3.8) is 0 Å². The highest BCUT2D eigenvalue weighted by Gasteiger charge is 2.21. The zero-order valence-corrected chi connectivity index (χ0v) is 13.0. The van der Waals surface area contributed by atoms with Crippen LogP contribution >= 0.6 is 11.3 Å². The third-order valence-corrected chi connectivity index (χ3v) is 4.48. The molecule has 0 saturated heterocycles. The molecular weight excluding hydrogens is 286 g/mol. The van der Waals surface area contributed by atoms with Gasteiger partial charge in [-0.05, 0) is 31.9 Å². The minimum Gasteiger partial charge on any atom is -0.347 e. The number of nitrogens with one attached hydrogen (secondary N) is 2. The summed E-state index contributed by atoms with van der Waals surface area (Å²) in [7, 11) is 0. The van der Waals surface area contributed by atoms with Gasteiger partial charge in [-0.2, -0.15) is 5.10 Å². The Kier molecular flexibility index (Phi) is 5.92. The highest BCUT2D eigenvalue weighted by atomic mass is 32.1. The summed E-state index contributed by atoms with van der Waals surface area (Å²) >= 11 is 1.61. The van der Waals surface area contributed by atoms with Gasteiger partial charge in [0.2, 0.25) is 5.91 Å². The van der Waals surface area contributed by atoms with Crippen LogP contribution in [0.25, 0.3) is 0 Å². The second-order valence-corrected chi connectivity index (χ2v) is 6.61. The van der Waals surface area contributed by atoms with Crippen molar-refractivity contribution in [1.29, 1.82) is 0 Å². The van der Waals surface area contributed by atoms with E-state index < -0.39 is 0 Å². The molecule has 1 saturated carbocycles. The molecule has 0 atom stereocenters. The number of hydrazone groups is 1. The average Bonchev–Trinajstić information content (AvgIpc) is 2.91. The molecule has 1 aliphatic rings. The Hall–Kier alpha value is -1.69. The molecule has 21 heavy (non-hydrogen) atoms. The fourth-order valence-corrected chi connectivity index (χ4v) is 3.16. The first-order chi connectivity index (χ1) is 10.1. The average molecular weight is 307 g/mol. The van der Waals surface area contributed by atoms with Gasteiger partial charge in [0.25, 0.3) is 5.91 Å². The SMILES string of the molecule is Cc1ccc(/C=N/NC(=O)CNC(=O)C2CCCCC2)s1. The van der Waals surface area contributed by atoms with Gasteiger partial charge in [0, 0.05) is 15.7 Å². The number of nitrogens with zero attached hydrogens (tertiary/aromatic N) is 1. The van der Waals surface area contributed by atoms with Gasteiger partial charge in [0.1, 0.15) is 0 Å². The predicted octanol–water partition coefficient (Wildman–Crippen LogP) is 2.20. The Morgan fingerprint density at radius 1 is 1.33 bits per heavy atom. The van der Waals surface area contributed by atoms with E-state index >= 15 is 0 Å². The molecule has 1 aromatic heterocycles. The van der Waals surface area contributed by atoms with Gasteiger partial charge in [0.05, 0.1) is 12.8 Å². The lowest BCUT2D eigenvalue weighted by atomic mass is 9.89. The second kappa shape index (κ2) is 7.93. The maximum absolute atomic E-state index is 11.9. The van der Waals surface area contributed by atoms with Crippen LogP contribution in [0.3, 0.4) is 0 Å². The van der Waals surface area contributed by atoms with Gasteiger partial charge in [-0.25, -0.2) is 5.43 Å². The first kappa shape index (κ1) is 15.7. The maximum atomic E-state index is 11.9. The summed E-state index contributed by atoms with van der Waals surface area (Å²) in [6.45, 7) is 2.00. The second-order valence-electron chi connectivity index (χ2n) is 5.29. The minimum atomic E-state index is -0.302. The monoisotopic (exact) mass is 307 g/mol. The van der Waals surface area contributed by atoms with Crippen LogP contribution in [0.2, 0.25) is 0 Å². The van der Waals surface area contributed by atoms with Crippen LogP contribution in [0.4, 0.5) is 0 Å². The number of aryl methyl sites for hydroxylation is 1. The highest BCUT2D eigenvalue weighted by Crippen LogP contribution is 2.23. The quantitative estimate of drug-likeness (QED) is 0.647.